The SMILES string of the molecule is CCNC1CCCC1CCN1CCCCCC1CC. The first kappa shape index (κ1) is 15.3. The summed E-state index contributed by atoms with van der Waals surface area (Å²) in [5.74, 6) is 0.945. The van der Waals surface area contributed by atoms with Crippen LogP contribution in [0.3, 0.4) is 0 Å². The summed E-state index contributed by atoms with van der Waals surface area (Å²) in [4.78, 5) is 2.81. The Labute approximate surface area is 120 Å². The van der Waals surface area contributed by atoms with E-state index in [9.17, 15) is 0 Å². The quantitative estimate of drug-likeness (QED) is 0.786. The van der Waals surface area contributed by atoms with Crippen molar-refractivity contribution < 1.29 is 0 Å². The standard InChI is InChI=1S/C17H34N2/c1-3-16-10-6-5-7-13-19(16)14-12-15-9-8-11-17(15)18-4-2/h15-18H,3-14H2,1-2H3. The third-order valence-electron chi connectivity index (χ3n) is 5.38. The molecular weight excluding hydrogens is 232 g/mol. The van der Waals surface area contributed by atoms with E-state index >= 15 is 0 Å². The van der Waals surface area contributed by atoms with Crippen molar-refractivity contribution in [2.24, 2.45) is 5.92 Å². The van der Waals surface area contributed by atoms with Crippen molar-refractivity contribution in [2.75, 3.05) is 19.6 Å². The molecule has 1 aliphatic heterocycles. The first-order valence-electron chi connectivity index (χ1n) is 8.82. The molecule has 19 heavy (non-hydrogen) atoms. The number of rotatable bonds is 6. The van der Waals surface area contributed by atoms with Gasteiger partial charge >= 0.3 is 0 Å². The van der Waals surface area contributed by atoms with Crippen LogP contribution in [0, 0.1) is 5.92 Å². The summed E-state index contributed by atoms with van der Waals surface area (Å²) in [5.41, 5.74) is 0. The molecule has 2 nitrogen and oxygen atoms in total. The van der Waals surface area contributed by atoms with Crippen molar-refractivity contribution in [1.82, 2.24) is 10.2 Å². The highest BCUT2D eigenvalue weighted by atomic mass is 15.2. The number of nitrogens with zero attached hydrogens (tertiary/aromatic N) is 1. The fraction of sp³-hybridized carbons (Fsp3) is 1.00. The largest absolute Gasteiger partial charge is 0.314 e. The molecule has 2 fully saturated rings. The lowest BCUT2D eigenvalue weighted by molar-refractivity contribution is 0.177. The maximum Gasteiger partial charge on any atom is 0.00956 e. The average molecular weight is 266 g/mol. The summed E-state index contributed by atoms with van der Waals surface area (Å²) >= 11 is 0. The van der Waals surface area contributed by atoms with Gasteiger partial charge in [-0.3, -0.25) is 0 Å². The van der Waals surface area contributed by atoms with E-state index in [-0.39, 0.29) is 0 Å². The second-order valence-corrected chi connectivity index (χ2v) is 6.59. The minimum absolute atomic E-state index is 0.817. The Morgan fingerprint density at radius 1 is 1.00 bits per heavy atom. The molecule has 0 amide bonds. The Morgan fingerprint density at radius 2 is 1.89 bits per heavy atom. The van der Waals surface area contributed by atoms with Crippen molar-refractivity contribution in [3.05, 3.63) is 0 Å². The first-order chi connectivity index (χ1) is 9.35. The van der Waals surface area contributed by atoms with Gasteiger partial charge in [-0.05, 0) is 64.1 Å². The molecular formula is C17H34N2. The van der Waals surface area contributed by atoms with Crippen molar-refractivity contribution in [2.45, 2.75) is 83.7 Å². The maximum absolute atomic E-state index is 3.70. The van der Waals surface area contributed by atoms with Gasteiger partial charge in [0.15, 0.2) is 0 Å². The third-order valence-corrected chi connectivity index (χ3v) is 5.38. The van der Waals surface area contributed by atoms with Gasteiger partial charge in [0.2, 0.25) is 0 Å². The molecule has 1 saturated heterocycles. The fourth-order valence-electron chi connectivity index (χ4n) is 4.24. The molecule has 112 valence electrons. The molecule has 2 heteroatoms. The third kappa shape index (κ3) is 4.46. The minimum Gasteiger partial charge on any atom is -0.314 e. The summed E-state index contributed by atoms with van der Waals surface area (Å²) in [6, 6.07) is 1.69. The normalized spacial score (nSPS) is 33.5. The van der Waals surface area contributed by atoms with Crippen LogP contribution in [0.4, 0.5) is 0 Å². The van der Waals surface area contributed by atoms with Crippen molar-refractivity contribution in [3.63, 3.8) is 0 Å². The predicted molar refractivity (Wildman–Crippen MR) is 83.5 cm³/mol. The Balaban J connectivity index is 1.79. The Hall–Kier alpha value is -0.0800. The van der Waals surface area contributed by atoms with E-state index in [1.165, 1.54) is 70.9 Å². The Bertz CT molecular complexity index is 241. The molecule has 3 atom stereocenters. The number of hydrogen-bond acceptors (Lipinski definition) is 2. The number of nitrogens with one attached hydrogen (secondary N) is 1. The maximum atomic E-state index is 3.70. The molecule has 2 aliphatic rings. The van der Waals surface area contributed by atoms with Gasteiger partial charge in [0.1, 0.15) is 0 Å². The van der Waals surface area contributed by atoms with Crippen LogP contribution in [0.1, 0.15) is 71.6 Å². The lowest BCUT2D eigenvalue weighted by Crippen LogP contribution is -2.38. The average Bonchev–Trinajstić information content (AvgIpc) is 2.73. The molecule has 0 radical (unpaired) electrons. The van der Waals surface area contributed by atoms with Crippen LogP contribution in [-0.4, -0.2) is 36.6 Å². The number of likely N-dealkylation sites (tertiary alicyclic amines) is 1. The smallest absolute Gasteiger partial charge is 0.00956 e. The molecule has 3 unspecified atom stereocenters. The van der Waals surface area contributed by atoms with Crippen molar-refractivity contribution in [3.8, 4) is 0 Å². The molecule has 0 aromatic carbocycles. The second kappa shape index (κ2) is 8.26. The molecule has 0 bridgehead atoms. The second-order valence-electron chi connectivity index (χ2n) is 6.59. The fourth-order valence-corrected chi connectivity index (χ4v) is 4.24. The molecule has 0 aromatic heterocycles. The van der Waals surface area contributed by atoms with E-state index in [4.69, 9.17) is 0 Å². The number of hydrogen-bond donors (Lipinski definition) is 1. The van der Waals surface area contributed by atoms with Crippen molar-refractivity contribution in [1.29, 1.82) is 0 Å². The van der Waals surface area contributed by atoms with E-state index in [0.717, 1.165) is 24.5 Å². The van der Waals surface area contributed by atoms with Gasteiger partial charge in [-0.2, -0.15) is 0 Å². The lowest BCUT2D eigenvalue weighted by Gasteiger charge is -2.31. The van der Waals surface area contributed by atoms with Gasteiger partial charge in [0.05, 0.1) is 0 Å². The zero-order valence-electron chi connectivity index (χ0n) is 13.2. The monoisotopic (exact) mass is 266 g/mol. The lowest BCUT2D eigenvalue weighted by atomic mass is 9.98. The zero-order chi connectivity index (χ0) is 13.5. The molecule has 1 N–H and O–H groups in total. The molecule has 0 spiro atoms. The van der Waals surface area contributed by atoms with E-state index in [1.807, 2.05) is 0 Å². The van der Waals surface area contributed by atoms with Crippen LogP contribution in [0.2, 0.25) is 0 Å². The van der Waals surface area contributed by atoms with Crippen LogP contribution in [-0.2, 0) is 0 Å². The van der Waals surface area contributed by atoms with E-state index in [0.29, 0.717) is 0 Å². The molecule has 1 aliphatic carbocycles. The van der Waals surface area contributed by atoms with Crippen molar-refractivity contribution >= 4 is 0 Å². The molecule has 0 aromatic rings. The topological polar surface area (TPSA) is 15.3 Å². The Morgan fingerprint density at radius 3 is 2.68 bits per heavy atom. The van der Waals surface area contributed by atoms with Gasteiger partial charge in [0, 0.05) is 12.1 Å². The van der Waals surface area contributed by atoms with Crippen LogP contribution >= 0.6 is 0 Å². The summed E-state index contributed by atoms with van der Waals surface area (Å²) in [6.07, 6.45) is 12.9. The highest BCUT2D eigenvalue weighted by Crippen LogP contribution is 2.29. The summed E-state index contributed by atoms with van der Waals surface area (Å²) in [6.45, 7) is 8.47. The van der Waals surface area contributed by atoms with Crippen LogP contribution in [0.25, 0.3) is 0 Å². The molecule has 1 saturated carbocycles. The molecule has 2 rings (SSSR count). The van der Waals surface area contributed by atoms with Crippen LogP contribution < -0.4 is 5.32 Å². The summed E-state index contributed by atoms with van der Waals surface area (Å²) in [7, 11) is 0. The summed E-state index contributed by atoms with van der Waals surface area (Å²) in [5, 5.41) is 3.70. The van der Waals surface area contributed by atoms with E-state index < -0.39 is 0 Å². The highest BCUT2D eigenvalue weighted by Gasteiger charge is 2.27. The first-order valence-corrected chi connectivity index (χ1v) is 8.82. The predicted octanol–water partition coefficient (Wildman–Crippen LogP) is 3.81. The zero-order valence-corrected chi connectivity index (χ0v) is 13.2. The van der Waals surface area contributed by atoms with E-state index in [1.54, 1.807) is 0 Å². The van der Waals surface area contributed by atoms with Crippen LogP contribution in [0.15, 0.2) is 0 Å². The highest BCUT2D eigenvalue weighted by molar-refractivity contribution is 4.84. The van der Waals surface area contributed by atoms with Gasteiger partial charge in [-0.25, -0.2) is 0 Å². The van der Waals surface area contributed by atoms with Gasteiger partial charge in [-0.1, -0.05) is 33.1 Å². The van der Waals surface area contributed by atoms with Gasteiger partial charge < -0.3 is 10.2 Å². The Kier molecular flexibility index (Phi) is 6.66. The molecule has 1 heterocycles. The summed E-state index contributed by atoms with van der Waals surface area (Å²) < 4.78 is 0. The minimum atomic E-state index is 0.817. The van der Waals surface area contributed by atoms with Gasteiger partial charge in [0.25, 0.3) is 0 Å². The van der Waals surface area contributed by atoms with Crippen LogP contribution in [0.5, 0.6) is 0 Å². The van der Waals surface area contributed by atoms with E-state index in [2.05, 4.69) is 24.1 Å². The van der Waals surface area contributed by atoms with Gasteiger partial charge in [-0.15, -0.1) is 0 Å².